The van der Waals surface area contributed by atoms with E-state index in [1.165, 1.54) is 6.26 Å². The van der Waals surface area contributed by atoms with Crippen molar-refractivity contribution in [2.24, 2.45) is 4.99 Å². The molecule has 144 valence electrons. The van der Waals surface area contributed by atoms with Crippen LogP contribution >= 0.6 is 24.0 Å². The molecule has 0 heterocycles. The zero-order valence-electron chi connectivity index (χ0n) is 15.6. The average molecular weight is 483 g/mol. The number of benzene rings is 1. The summed E-state index contributed by atoms with van der Waals surface area (Å²) in [5.41, 5.74) is 2.17. The molecule has 0 aliphatic carbocycles. The van der Waals surface area contributed by atoms with Gasteiger partial charge in [0, 0.05) is 18.8 Å². The van der Waals surface area contributed by atoms with Gasteiger partial charge in [-0.3, -0.25) is 0 Å². The molecule has 0 aromatic heterocycles. The number of nitrogens with zero attached hydrogens (tertiary/aromatic N) is 1. The molecule has 25 heavy (non-hydrogen) atoms. The van der Waals surface area contributed by atoms with E-state index in [2.05, 4.69) is 21.7 Å². The number of methoxy groups -OCH3 is 1. The van der Waals surface area contributed by atoms with E-state index in [9.17, 15) is 8.42 Å². The highest BCUT2D eigenvalue weighted by molar-refractivity contribution is 14.0. The maximum Gasteiger partial charge on any atom is 0.191 e. The van der Waals surface area contributed by atoms with Crippen molar-refractivity contribution in [2.45, 2.75) is 39.8 Å². The first-order valence-electron chi connectivity index (χ1n) is 8.11. The Kier molecular flexibility index (Phi) is 11.1. The number of aliphatic imine (C=N–C) groups is 1. The van der Waals surface area contributed by atoms with Gasteiger partial charge in [-0.25, -0.2) is 13.4 Å². The summed E-state index contributed by atoms with van der Waals surface area (Å²) in [7, 11) is -1.29. The summed E-state index contributed by atoms with van der Waals surface area (Å²) >= 11 is 0. The fourth-order valence-corrected chi connectivity index (χ4v) is 3.01. The fourth-order valence-electron chi connectivity index (χ4n) is 2.23. The standard InChI is InChI=1S/C17H29N3O3S.HI/c1-6-18-17(20-14(3)9-10-24(5,21)22)19-12-15-7-8-16(23-4)13(2)11-15;/h7-8,11,14H,6,9-10,12H2,1-5H3,(H2,18,19,20);1H. The number of rotatable bonds is 8. The van der Waals surface area contributed by atoms with E-state index in [0.29, 0.717) is 18.9 Å². The van der Waals surface area contributed by atoms with E-state index in [1.54, 1.807) is 7.11 Å². The molecule has 0 amide bonds. The number of guanidine groups is 1. The zero-order chi connectivity index (χ0) is 18.2. The summed E-state index contributed by atoms with van der Waals surface area (Å²) < 4.78 is 27.8. The lowest BCUT2D eigenvalue weighted by Gasteiger charge is -2.17. The Morgan fingerprint density at radius 1 is 1.36 bits per heavy atom. The topological polar surface area (TPSA) is 79.8 Å². The number of nitrogens with one attached hydrogen (secondary N) is 2. The molecular weight excluding hydrogens is 453 g/mol. The van der Waals surface area contributed by atoms with Crippen LogP contribution in [0.15, 0.2) is 23.2 Å². The van der Waals surface area contributed by atoms with Gasteiger partial charge in [0.05, 0.1) is 19.4 Å². The molecule has 2 N–H and O–H groups in total. The Labute approximate surface area is 168 Å². The summed E-state index contributed by atoms with van der Waals surface area (Å²) in [5.74, 6) is 1.72. The summed E-state index contributed by atoms with van der Waals surface area (Å²) in [6.45, 7) is 7.24. The number of ether oxygens (including phenoxy) is 1. The Morgan fingerprint density at radius 2 is 2.04 bits per heavy atom. The predicted octanol–water partition coefficient (Wildman–Crippen LogP) is 2.50. The van der Waals surface area contributed by atoms with E-state index in [4.69, 9.17) is 4.74 Å². The monoisotopic (exact) mass is 483 g/mol. The third-order valence-electron chi connectivity index (χ3n) is 3.53. The van der Waals surface area contributed by atoms with Gasteiger partial charge in [-0.05, 0) is 44.4 Å². The molecule has 1 rings (SSSR count). The summed E-state index contributed by atoms with van der Waals surface area (Å²) in [5, 5.41) is 6.43. The average Bonchev–Trinajstić information content (AvgIpc) is 2.50. The van der Waals surface area contributed by atoms with Gasteiger partial charge < -0.3 is 15.4 Å². The molecule has 6 nitrogen and oxygen atoms in total. The molecule has 0 bridgehead atoms. The van der Waals surface area contributed by atoms with Crippen LogP contribution in [0.4, 0.5) is 0 Å². The second-order valence-corrected chi connectivity index (χ2v) is 8.22. The van der Waals surface area contributed by atoms with Crippen LogP contribution in [0.25, 0.3) is 0 Å². The van der Waals surface area contributed by atoms with Gasteiger partial charge in [-0.15, -0.1) is 24.0 Å². The third-order valence-corrected chi connectivity index (χ3v) is 4.51. The lowest BCUT2D eigenvalue weighted by Crippen LogP contribution is -2.42. The minimum atomic E-state index is -2.95. The quantitative estimate of drug-likeness (QED) is 0.338. The van der Waals surface area contributed by atoms with Gasteiger partial charge in [-0.1, -0.05) is 12.1 Å². The third kappa shape index (κ3) is 9.88. The van der Waals surface area contributed by atoms with Gasteiger partial charge in [0.15, 0.2) is 5.96 Å². The van der Waals surface area contributed by atoms with E-state index in [1.807, 2.05) is 32.9 Å². The minimum absolute atomic E-state index is 0. The second kappa shape index (κ2) is 11.6. The van der Waals surface area contributed by atoms with E-state index < -0.39 is 9.84 Å². The summed E-state index contributed by atoms with van der Waals surface area (Å²) in [4.78, 5) is 4.57. The molecular formula is C17H30IN3O3S. The van der Waals surface area contributed by atoms with Gasteiger partial charge in [0.2, 0.25) is 0 Å². The molecule has 0 radical (unpaired) electrons. The van der Waals surface area contributed by atoms with Crippen LogP contribution in [0.1, 0.15) is 31.4 Å². The van der Waals surface area contributed by atoms with Crippen molar-refractivity contribution in [1.29, 1.82) is 0 Å². The lowest BCUT2D eigenvalue weighted by atomic mass is 10.1. The maximum absolute atomic E-state index is 11.3. The van der Waals surface area contributed by atoms with Crippen LogP contribution < -0.4 is 15.4 Å². The van der Waals surface area contributed by atoms with Gasteiger partial charge in [0.25, 0.3) is 0 Å². The largest absolute Gasteiger partial charge is 0.496 e. The van der Waals surface area contributed by atoms with Crippen LogP contribution in [0.5, 0.6) is 5.75 Å². The highest BCUT2D eigenvalue weighted by Gasteiger charge is 2.09. The van der Waals surface area contributed by atoms with E-state index in [0.717, 1.165) is 23.4 Å². The zero-order valence-corrected chi connectivity index (χ0v) is 18.8. The van der Waals surface area contributed by atoms with Crippen molar-refractivity contribution < 1.29 is 13.2 Å². The molecule has 1 aromatic carbocycles. The fraction of sp³-hybridized carbons (Fsp3) is 0.588. The first kappa shape index (κ1) is 24.0. The number of sulfone groups is 1. The summed E-state index contributed by atoms with van der Waals surface area (Å²) in [6.07, 6.45) is 1.80. The Morgan fingerprint density at radius 3 is 2.56 bits per heavy atom. The van der Waals surface area contributed by atoms with E-state index in [-0.39, 0.29) is 35.8 Å². The smallest absolute Gasteiger partial charge is 0.191 e. The number of hydrogen-bond acceptors (Lipinski definition) is 4. The predicted molar refractivity (Wildman–Crippen MR) is 115 cm³/mol. The van der Waals surface area contributed by atoms with Crippen LogP contribution in [-0.4, -0.2) is 46.1 Å². The van der Waals surface area contributed by atoms with Crippen molar-refractivity contribution in [1.82, 2.24) is 10.6 Å². The Balaban J connectivity index is 0.00000576. The van der Waals surface area contributed by atoms with Gasteiger partial charge in [-0.2, -0.15) is 0 Å². The molecule has 0 saturated heterocycles. The molecule has 0 aliphatic rings. The molecule has 0 fully saturated rings. The Hall–Kier alpha value is -1.03. The van der Waals surface area contributed by atoms with Gasteiger partial charge >= 0.3 is 0 Å². The normalized spacial score (nSPS) is 12.9. The van der Waals surface area contributed by atoms with Crippen LogP contribution in [0.3, 0.4) is 0 Å². The minimum Gasteiger partial charge on any atom is -0.496 e. The number of aryl methyl sites for hydroxylation is 1. The molecule has 1 aromatic rings. The molecule has 8 heteroatoms. The molecule has 0 saturated carbocycles. The van der Waals surface area contributed by atoms with Crippen molar-refractivity contribution in [3.8, 4) is 5.75 Å². The molecule has 1 atom stereocenters. The highest BCUT2D eigenvalue weighted by atomic mass is 127. The van der Waals surface area contributed by atoms with Crippen molar-refractivity contribution in [3.63, 3.8) is 0 Å². The van der Waals surface area contributed by atoms with Crippen LogP contribution in [0.2, 0.25) is 0 Å². The summed E-state index contributed by atoms with van der Waals surface area (Å²) in [6, 6.07) is 6.01. The van der Waals surface area contributed by atoms with Crippen molar-refractivity contribution in [3.05, 3.63) is 29.3 Å². The SMILES string of the molecule is CCNC(=NCc1ccc(OC)c(C)c1)NC(C)CCS(C)(=O)=O.I. The molecule has 0 spiro atoms. The number of hydrogen-bond donors (Lipinski definition) is 2. The molecule has 0 aliphatic heterocycles. The second-order valence-electron chi connectivity index (χ2n) is 5.96. The highest BCUT2D eigenvalue weighted by Crippen LogP contribution is 2.18. The maximum atomic E-state index is 11.3. The van der Waals surface area contributed by atoms with E-state index >= 15 is 0 Å². The van der Waals surface area contributed by atoms with Crippen LogP contribution in [0, 0.1) is 6.92 Å². The first-order valence-corrected chi connectivity index (χ1v) is 10.2. The number of halogens is 1. The van der Waals surface area contributed by atoms with Crippen LogP contribution in [-0.2, 0) is 16.4 Å². The van der Waals surface area contributed by atoms with Crippen molar-refractivity contribution in [2.75, 3.05) is 25.7 Å². The van der Waals surface area contributed by atoms with Crippen molar-refractivity contribution >= 4 is 39.8 Å². The Bertz CT molecular complexity index is 663. The molecule has 1 unspecified atom stereocenters. The lowest BCUT2D eigenvalue weighted by molar-refractivity contribution is 0.411. The first-order chi connectivity index (χ1) is 11.2. The van der Waals surface area contributed by atoms with Gasteiger partial charge in [0.1, 0.15) is 15.6 Å².